The van der Waals surface area contributed by atoms with Gasteiger partial charge in [-0.1, -0.05) is 20.4 Å². The topological polar surface area (TPSA) is 69.5 Å². The van der Waals surface area contributed by atoms with E-state index in [-0.39, 0.29) is 23.9 Å². The molecular formula is C18H24N4O2. The van der Waals surface area contributed by atoms with Crippen LogP contribution in [-0.4, -0.2) is 54.0 Å². The number of carbonyl (C=O) groups excluding carboxylic acids is 1. The number of likely N-dealkylation sites (tertiary alicyclic amines) is 1. The SMILES string of the molecule is C=C(c1cncc(OC)c1)N(C)CC(=O)N1CC(C)(C)CC1C#N. The number of hydrogen-bond acceptors (Lipinski definition) is 5. The number of likely N-dealkylation sites (N-methyl/N-ethyl adjacent to an activating group) is 1. The first-order chi connectivity index (χ1) is 11.3. The van der Waals surface area contributed by atoms with Crippen molar-refractivity contribution in [3.05, 3.63) is 30.6 Å². The molecule has 1 fully saturated rings. The van der Waals surface area contributed by atoms with Crippen LogP contribution in [0.1, 0.15) is 25.8 Å². The Morgan fingerprint density at radius 3 is 2.92 bits per heavy atom. The largest absolute Gasteiger partial charge is 0.495 e. The quantitative estimate of drug-likeness (QED) is 0.828. The maximum Gasteiger partial charge on any atom is 0.243 e. The molecule has 0 bridgehead atoms. The number of ether oxygens (including phenoxy) is 1. The van der Waals surface area contributed by atoms with Gasteiger partial charge in [0.2, 0.25) is 5.91 Å². The summed E-state index contributed by atoms with van der Waals surface area (Å²) in [7, 11) is 3.39. The van der Waals surface area contributed by atoms with Crippen molar-refractivity contribution in [2.24, 2.45) is 5.41 Å². The summed E-state index contributed by atoms with van der Waals surface area (Å²) in [5.41, 5.74) is 1.45. The fourth-order valence-corrected chi connectivity index (χ4v) is 2.94. The molecule has 1 aliphatic rings. The molecule has 2 heterocycles. The van der Waals surface area contributed by atoms with E-state index in [4.69, 9.17) is 4.74 Å². The van der Waals surface area contributed by atoms with Crippen molar-refractivity contribution in [3.63, 3.8) is 0 Å². The molecule has 1 saturated heterocycles. The van der Waals surface area contributed by atoms with Gasteiger partial charge in [0.05, 0.1) is 25.9 Å². The molecule has 1 unspecified atom stereocenters. The van der Waals surface area contributed by atoms with Crippen molar-refractivity contribution >= 4 is 11.6 Å². The van der Waals surface area contributed by atoms with Gasteiger partial charge in [-0.05, 0) is 17.9 Å². The molecule has 1 aliphatic heterocycles. The van der Waals surface area contributed by atoms with Crippen LogP contribution < -0.4 is 4.74 Å². The number of hydrogen-bond donors (Lipinski definition) is 0. The summed E-state index contributed by atoms with van der Waals surface area (Å²) in [6.45, 7) is 8.97. The Morgan fingerprint density at radius 2 is 2.29 bits per heavy atom. The second kappa shape index (κ2) is 6.91. The third kappa shape index (κ3) is 3.85. The zero-order chi connectivity index (χ0) is 17.9. The zero-order valence-corrected chi connectivity index (χ0v) is 14.7. The molecule has 0 saturated carbocycles. The predicted molar refractivity (Wildman–Crippen MR) is 92.0 cm³/mol. The number of methoxy groups -OCH3 is 1. The molecule has 0 spiro atoms. The fraction of sp³-hybridized carbons (Fsp3) is 0.500. The van der Waals surface area contributed by atoms with Crippen molar-refractivity contribution in [1.82, 2.24) is 14.8 Å². The number of amides is 1. The summed E-state index contributed by atoms with van der Waals surface area (Å²) in [5, 5.41) is 9.30. The van der Waals surface area contributed by atoms with E-state index in [0.717, 1.165) is 5.56 Å². The summed E-state index contributed by atoms with van der Waals surface area (Å²) in [6.07, 6.45) is 4.01. The molecule has 0 aliphatic carbocycles. The van der Waals surface area contributed by atoms with Gasteiger partial charge < -0.3 is 14.5 Å². The van der Waals surface area contributed by atoms with Crippen LogP contribution in [0.15, 0.2) is 25.0 Å². The number of carbonyl (C=O) groups is 1. The van der Waals surface area contributed by atoms with Crippen LogP contribution in [-0.2, 0) is 4.79 Å². The van der Waals surface area contributed by atoms with E-state index in [1.807, 2.05) is 13.1 Å². The van der Waals surface area contributed by atoms with Crippen molar-refractivity contribution < 1.29 is 9.53 Å². The highest BCUT2D eigenvalue weighted by molar-refractivity contribution is 5.81. The van der Waals surface area contributed by atoms with E-state index in [1.54, 1.807) is 29.3 Å². The van der Waals surface area contributed by atoms with Gasteiger partial charge in [0, 0.05) is 31.0 Å². The number of aromatic nitrogens is 1. The van der Waals surface area contributed by atoms with E-state index in [1.165, 1.54) is 0 Å². The van der Waals surface area contributed by atoms with Crippen LogP contribution in [0.4, 0.5) is 0 Å². The highest BCUT2D eigenvalue weighted by Crippen LogP contribution is 2.33. The lowest BCUT2D eigenvalue weighted by Crippen LogP contribution is -2.41. The van der Waals surface area contributed by atoms with Crippen molar-refractivity contribution in [2.75, 3.05) is 27.2 Å². The molecule has 1 aromatic rings. The Bertz CT molecular complexity index is 678. The van der Waals surface area contributed by atoms with Crippen LogP contribution in [0.2, 0.25) is 0 Å². The molecule has 128 valence electrons. The molecule has 1 atom stereocenters. The van der Waals surface area contributed by atoms with Gasteiger partial charge in [-0.2, -0.15) is 5.26 Å². The molecular weight excluding hydrogens is 304 g/mol. The minimum atomic E-state index is -0.354. The van der Waals surface area contributed by atoms with Crippen molar-refractivity contribution in [1.29, 1.82) is 5.26 Å². The van der Waals surface area contributed by atoms with Gasteiger partial charge in [-0.15, -0.1) is 0 Å². The first kappa shape index (κ1) is 17.8. The molecule has 2 rings (SSSR count). The van der Waals surface area contributed by atoms with Crippen LogP contribution in [0.25, 0.3) is 5.70 Å². The lowest BCUT2D eigenvalue weighted by atomic mass is 9.91. The van der Waals surface area contributed by atoms with Crippen LogP contribution in [0, 0.1) is 16.7 Å². The van der Waals surface area contributed by atoms with Gasteiger partial charge in [-0.25, -0.2) is 0 Å². The Hall–Kier alpha value is -2.55. The molecule has 6 heteroatoms. The van der Waals surface area contributed by atoms with E-state index < -0.39 is 0 Å². The monoisotopic (exact) mass is 328 g/mol. The first-order valence-corrected chi connectivity index (χ1v) is 7.86. The van der Waals surface area contributed by atoms with Crippen molar-refractivity contribution in [2.45, 2.75) is 26.3 Å². The van der Waals surface area contributed by atoms with E-state index in [9.17, 15) is 10.1 Å². The Balaban J connectivity index is 2.05. The second-order valence-corrected chi connectivity index (χ2v) is 6.95. The third-order valence-electron chi connectivity index (χ3n) is 4.31. The Morgan fingerprint density at radius 1 is 1.58 bits per heavy atom. The predicted octanol–water partition coefficient (Wildman–Crippen LogP) is 2.14. The number of rotatable bonds is 5. The van der Waals surface area contributed by atoms with Gasteiger partial charge in [0.25, 0.3) is 0 Å². The second-order valence-electron chi connectivity index (χ2n) is 6.95. The van der Waals surface area contributed by atoms with Gasteiger partial charge in [0.1, 0.15) is 11.8 Å². The Kier molecular flexibility index (Phi) is 5.13. The summed E-state index contributed by atoms with van der Waals surface area (Å²) < 4.78 is 5.17. The van der Waals surface area contributed by atoms with E-state index in [2.05, 4.69) is 31.5 Å². The lowest BCUT2D eigenvalue weighted by Gasteiger charge is -2.26. The molecule has 0 N–H and O–H groups in total. The highest BCUT2D eigenvalue weighted by Gasteiger charge is 2.40. The molecule has 1 aromatic heterocycles. The minimum absolute atomic E-state index is 0.0254. The number of nitriles is 1. The molecule has 0 radical (unpaired) electrons. The number of pyridine rings is 1. The van der Waals surface area contributed by atoms with Crippen LogP contribution in [0.5, 0.6) is 5.75 Å². The zero-order valence-electron chi connectivity index (χ0n) is 14.7. The first-order valence-electron chi connectivity index (χ1n) is 7.86. The minimum Gasteiger partial charge on any atom is -0.495 e. The standard InChI is InChI=1S/C18H24N4O2/c1-13(14-6-16(24-5)10-20-9-14)21(4)11-17(23)22-12-18(2,3)7-15(22)8-19/h6,9-10,15H,1,7,11-12H2,2-5H3. The third-order valence-corrected chi connectivity index (χ3v) is 4.31. The smallest absolute Gasteiger partial charge is 0.243 e. The fourth-order valence-electron chi connectivity index (χ4n) is 2.94. The molecule has 0 aromatic carbocycles. The number of nitrogens with zero attached hydrogens (tertiary/aromatic N) is 4. The van der Waals surface area contributed by atoms with Crippen LogP contribution >= 0.6 is 0 Å². The summed E-state index contributed by atoms with van der Waals surface area (Å²) in [5.74, 6) is 0.575. The summed E-state index contributed by atoms with van der Waals surface area (Å²) in [6, 6.07) is 3.71. The average Bonchev–Trinajstić information content (AvgIpc) is 2.89. The van der Waals surface area contributed by atoms with Crippen molar-refractivity contribution in [3.8, 4) is 11.8 Å². The van der Waals surface area contributed by atoms with Gasteiger partial charge >= 0.3 is 0 Å². The van der Waals surface area contributed by atoms with E-state index in [0.29, 0.717) is 24.4 Å². The van der Waals surface area contributed by atoms with Gasteiger partial charge in [-0.3, -0.25) is 9.78 Å². The van der Waals surface area contributed by atoms with Crippen LogP contribution in [0.3, 0.4) is 0 Å². The maximum absolute atomic E-state index is 12.6. The van der Waals surface area contributed by atoms with Gasteiger partial charge in [0.15, 0.2) is 0 Å². The maximum atomic E-state index is 12.6. The lowest BCUT2D eigenvalue weighted by molar-refractivity contribution is -0.131. The average molecular weight is 328 g/mol. The molecule has 1 amide bonds. The molecule has 24 heavy (non-hydrogen) atoms. The molecule has 6 nitrogen and oxygen atoms in total. The summed E-state index contributed by atoms with van der Waals surface area (Å²) >= 11 is 0. The van der Waals surface area contributed by atoms with E-state index >= 15 is 0 Å². The Labute approximate surface area is 143 Å². The normalized spacial score (nSPS) is 18.8. The highest BCUT2D eigenvalue weighted by atomic mass is 16.5. The summed E-state index contributed by atoms with van der Waals surface area (Å²) in [4.78, 5) is 20.2.